The van der Waals surface area contributed by atoms with E-state index in [2.05, 4.69) is 25.4 Å². The summed E-state index contributed by atoms with van der Waals surface area (Å²) in [6, 6.07) is 17.0. The molecule has 0 fully saturated rings. The lowest BCUT2D eigenvalue weighted by atomic mass is 10.1. The minimum Gasteiger partial charge on any atom is -0.454 e. The van der Waals surface area contributed by atoms with E-state index < -0.39 is 5.97 Å². The Bertz CT molecular complexity index is 1370. The maximum absolute atomic E-state index is 12.3. The number of nitrogen functional groups attached to an aromatic ring is 1. The quantitative estimate of drug-likeness (QED) is 0.274. The largest absolute Gasteiger partial charge is 0.454 e. The predicted octanol–water partition coefficient (Wildman–Crippen LogP) is 4.47. The molecular weight excluding hydrogens is 466 g/mol. The fraction of sp³-hybridized carbons (Fsp3) is 0.160. The van der Waals surface area contributed by atoms with E-state index in [0.717, 1.165) is 28.2 Å². The Hall–Kier alpha value is -4.24. The van der Waals surface area contributed by atoms with Crippen molar-refractivity contribution in [1.82, 2.24) is 24.7 Å². The molecule has 3 N–H and O–H groups in total. The molecule has 2 aromatic heterocycles. The van der Waals surface area contributed by atoms with Crippen LogP contribution in [0.2, 0.25) is 5.02 Å². The summed E-state index contributed by atoms with van der Waals surface area (Å²) in [6.07, 6.45) is 3.04. The summed E-state index contributed by atoms with van der Waals surface area (Å²) in [5.41, 5.74) is 10.1. The number of rotatable bonds is 8. The number of ether oxygens (including phenoxy) is 1. The Labute approximate surface area is 207 Å². The maximum atomic E-state index is 12.3. The molecule has 35 heavy (non-hydrogen) atoms. The summed E-state index contributed by atoms with van der Waals surface area (Å²) in [5, 5.41) is 8.30. The van der Waals surface area contributed by atoms with E-state index in [1.54, 1.807) is 6.08 Å². The molecule has 0 radical (unpaired) electrons. The van der Waals surface area contributed by atoms with E-state index in [-0.39, 0.29) is 24.3 Å². The van der Waals surface area contributed by atoms with Gasteiger partial charge >= 0.3 is 5.97 Å². The SMILES string of the molecule is Cc1nn(Cc2ccccc2Cl)c(C)c1/C=C/C(=O)OCc1nc(N)nc(Nc2ccccc2)n1. The van der Waals surface area contributed by atoms with Gasteiger partial charge in [-0.05, 0) is 43.7 Å². The number of hydrogen-bond acceptors (Lipinski definition) is 8. The average molecular weight is 490 g/mol. The Balaban J connectivity index is 1.39. The maximum Gasteiger partial charge on any atom is 0.331 e. The second-order valence-electron chi connectivity index (χ2n) is 7.70. The van der Waals surface area contributed by atoms with Gasteiger partial charge in [-0.1, -0.05) is 48.0 Å². The number of anilines is 3. The van der Waals surface area contributed by atoms with E-state index in [0.29, 0.717) is 11.6 Å². The Kier molecular flexibility index (Phi) is 7.37. The zero-order chi connectivity index (χ0) is 24.8. The van der Waals surface area contributed by atoms with Crippen molar-refractivity contribution in [3.63, 3.8) is 0 Å². The highest BCUT2D eigenvalue weighted by atomic mass is 35.5. The van der Waals surface area contributed by atoms with Crippen molar-refractivity contribution in [2.75, 3.05) is 11.1 Å². The third kappa shape index (κ3) is 6.21. The van der Waals surface area contributed by atoms with Gasteiger partial charge in [0.15, 0.2) is 12.4 Å². The van der Waals surface area contributed by atoms with Crippen LogP contribution >= 0.6 is 11.6 Å². The molecule has 9 nitrogen and oxygen atoms in total. The molecule has 0 saturated heterocycles. The van der Waals surface area contributed by atoms with Crippen LogP contribution in [0.3, 0.4) is 0 Å². The highest BCUT2D eigenvalue weighted by Crippen LogP contribution is 2.20. The van der Waals surface area contributed by atoms with Crippen molar-refractivity contribution in [1.29, 1.82) is 0 Å². The molecule has 2 heterocycles. The molecule has 4 aromatic rings. The molecule has 178 valence electrons. The monoisotopic (exact) mass is 489 g/mol. The van der Waals surface area contributed by atoms with E-state index >= 15 is 0 Å². The van der Waals surface area contributed by atoms with Crippen molar-refractivity contribution in [3.05, 3.63) is 94.0 Å². The number of carbonyl (C=O) groups excluding carboxylic acids is 1. The highest BCUT2D eigenvalue weighted by molar-refractivity contribution is 6.31. The van der Waals surface area contributed by atoms with Crippen LogP contribution in [0.25, 0.3) is 6.08 Å². The van der Waals surface area contributed by atoms with Crippen LogP contribution < -0.4 is 11.1 Å². The molecule has 0 aliphatic heterocycles. The number of esters is 1. The molecule has 4 rings (SSSR count). The fourth-order valence-corrected chi connectivity index (χ4v) is 3.63. The number of nitrogens with one attached hydrogen (secondary N) is 1. The van der Waals surface area contributed by atoms with Gasteiger partial charge < -0.3 is 15.8 Å². The van der Waals surface area contributed by atoms with Gasteiger partial charge in [-0.15, -0.1) is 0 Å². The van der Waals surface area contributed by atoms with Gasteiger partial charge in [0.2, 0.25) is 11.9 Å². The smallest absolute Gasteiger partial charge is 0.331 e. The number of aryl methyl sites for hydroxylation is 1. The third-order valence-corrected chi connectivity index (χ3v) is 5.54. The first-order chi connectivity index (χ1) is 16.9. The first kappa shape index (κ1) is 23.9. The molecular formula is C25H24ClN7O2. The van der Waals surface area contributed by atoms with Crippen LogP contribution in [-0.2, 0) is 22.7 Å². The van der Waals surface area contributed by atoms with Gasteiger partial charge in [0.05, 0.1) is 12.2 Å². The van der Waals surface area contributed by atoms with E-state index in [9.17, 15) is 4.79 Å². The zero-order valence-electron chi connectivity index (χ0n) is 19.3. The highest BCUT2D eigenvalue weighted by Gasteiger charge is 2.12. The van der Waals surface area contributed by atoms with Crippen LogP contribution in [0.1, 0.15) is 28.3 Å². The number of nitrogens with two attached hydrogens (primary N) is 1. The van der Waals surface area contributed by atoms with Crippen molar-refractivity contribution >= 4 is 41.2 Å². The molecule has 0 spiro atoms. The Morgan fingerprint density at radius 3 is 2.60 bits per heavy atom. The van der Waals surface area contributed by atoms with Gasteiger partial charge in [0.1, 0.15) is 0 Å². The summed E-state index contributed by atoms with van der Waals surface area (Å²) in [4.78, 5) is 24.7. The minimum atomic E-state index is -0.542. The van der Waals surface area contributed by atoms with Crippen LogP contribution in [0, 0.1) is 13.8 Å². The normalized spacial score (nSPS) is 11.1. The molecule has 10 heteroatoms. The van der Waals surface area contributed by atoms with Crippen molar-refractivity contribution in [3.8, 4) is 0 Å². The van der Waals surface area contributed by atoms with Crippen molar-refractivity contribution in [2.24, 2.45) is 0 Å². The van der Waals surface area contributed by atoms with E-state index in [1.165, 1.54) is 6.08 Å². The van der Waals surface area contributed by atoms with Gasteiger partial charge in [-0.3, -0.25) is 4.68 Å². The lowest BCUT2D eigenvalue weighted by Crippen LogP contribution is -2.10. The van der Waals surface area contributed by atoms with Gasteiger partial charge in [-0.2, -0.15) is 20.1 Å². The van der Waals surface area contributed by atoms with E-state index in [1.807, 2.05) is 73.1 Å². The summed E-state index contributed by atoms with van der Waals surface area (Å²) in [5.74, 6) is -0.0171. The molecule has 0 aliphatic carbocycles. The summed E-state index contributed by atoms with van der Waals surface area (Å²) in [7, 11) is 0. The first-order valence-electron chi connectivity index (χ1n) is 10.8. The Morgan fingerprint density at radius 2 is 1.83 bits per heavy atom. The van der Waals surface area contributed by atoms with Crippen molar-refractivity contribution in [2.45, 2.75) is 27.0 Å². The van der Waals surface area contributed by atoms with Crippen LogP contribution in [-0.4, -0.2) is 30.7 Å². The minimum absolute atomic E-state index is 0.0252. The summed E-state index contributed by atoms with van der Waals surface area (Å²) >= 11 is 6.28. The van der Waals surface area contributed by atoms with Gasteiger partial charge in [0, 0.05) is 28.0 Å². The van der Waals surface area contributed by atoms with Gasteiger partial charge in [0.25, 0.3) is 0 Å². The average Bonchev–Trinajstić information content (AvgIpc) is 3.10. The molecule has 0 bridgehead atoms. The summed E-state index contributed by atoms with van der Waals surface area (Å²) in [6.45, 7) is 4.21. The number of hydrogen-bond donors (Lipinski definition) is 2. The van der Waals surface area contributed by atoms with E-state index in [4.69, 9.17) is 22.1 Å². The first-order valence-corrected chi connectivity index (χ1v) is 11.2. The molecule has 2 aromatic carbocycles. The number of benzene rings is 2. The predicted molar refractivity (Wildman–Crippen MR) is 135 cm³/mol. The second-order valence-corrected chi connectivity index (χ2v) is 8.11. The lowest BCUT2D eigenvalue weighted by Gasteiger charge is -2.07. The molecule has 0 aliphatic rings. The third-order valence-electron chi connectivity index (χ3n) is 5.17. The Morgan fingerprint density at radius 1 is 1.09 bits per heavy atom. The second kappa shape index (κ2) is 10.8. The van der Waals surface area contributed by atoms with Crippen molar-refractivity contribution < 1.29 is 9.53 Å². The number of halogens is 1. The summed E-state index contributed by atoms with van der Waals surface area (Å²) < 4.78 is 7.16. The zero-order valence-corrected chi connectivity index (χ0v) is 20.0. The number of nitrogens with zero attached hydrogens (tertiary/aromatic N) is 5. The fourth-order valence-electron chi connectivity index (χ4n) is 3.44. The number of para-hydroxylation sites is 1. The molecule has 0 saturated carbocycles. The molecule has 0 amide bonds. The van der Waals surface area contributed by atoms with Crippen LogP contribution in [0.5, 0.6) is 0 Å². The standard InChI is InChI=1S/C25H24ClN7O2/c1-16-20(17(2)33(32-16)14-18-8-6-7-11-21(18)26)12-13-23(34)35-15-22-29-24(27)31-25(30-22)28-19-9-4-3-5-10-19/h3-13H,14-15H2,1-2H3,(H3,27,28,29,30,31)/b13-12+. The number of aromatic nitrogens is 5. The molecule has 0 unspecified atom stereocenters. The number of carbonyl (C=O) groups is 1. The lowest BCUT2D eigenvalue weighted by molar-refractivity contribution is -0.139. The van der Waals surface area contributed by atoms with Gasteiger partial charge in [-0.25, -0.2) is 4.79 Å². The van der Waals surface area contributed by atoms with Crippen LogP contribution in [0.4, 0.5) is 17.6 Å². The molecule has 0 atom stereocenters. The van der Waals surface area contributed by atoms with Crippen LogP contribution in [0.15, 0.2) is 60.7 Å². The topological polar surface area (TPSA) is 121 Å².